The van der Waals surface area contributed by atoms with Crippen molar-refractivity contribution in [3.05, 3.63) is 89.9 Å². The Morgan fingerprint density at radius 3 is 2.32 bits per heavy atom. The van der Waals surface area contributed by atoms with Crippen LogP contribution in [0.5, 0.6) is 5.75 Å². The first-order chi connectivity index (χ1) is 18.1. The second-order valence-electron chi connectivity index (χ2n) is 9.12. The summed E-state index contributed by atoms with van der Waals surface area (Å²) >= 11 is 0. The van der Waals surface area contributed by atoms with Gasteiger partial charge >= 0.3 is 6.09 Å². The average Bonchev–Trinajstić information content (AvgIpc) is 3.27. The Balaban J connectivity index is 0.00000195. The molecule has 9 heteroatoms. The number of halogens is 2. The summed E-state index contributed by atoms with van der Waals surface area (Å²) in [5.41, 5.74) is 1.63. The maximum atomic E-state index is 15.0. The number of aryl methyl sites for hydroxylation is 1. The average molecular weight is 523 g/mol. The molecule has 4 aromatic rings. The Morgan fingerprint density at radius 2 is 1.68 bits per heavy atom. The molecule has 2 aromatic carbocycles. The molecule has 0 bridgehead atoms. The van der Waals surface area contributed by atoms with Crippen LogP contribution in [-0.4, -0.2) is 26.5 Å². The number of hydrogen-bond acceptors (Lipinski definition) is 5. The molecular formula is C29H32F2N4O3. The van der Waals surface area contributed by atoms with Crippen molar-refractivity contribution in [1.29, 1.82) is 0 Å². The van der Waals surface area contributed by atoms with Gasteiger partial charge in [-0.05, 0) is 57.5 Å². The van der Waals surface area contributed by atoms with Crippen molar-refractivity contribution < 1.29 is 23.0 Å². The number of pyridine rings is 1. The van der Waals surface area contributed by atoms with Crippen LogP contribution in [0.4, 0.5) is 19.3 Å². The maximum absolute atomic E-state index is 15.0. The highest BCUT2D eigenvalue weighted by Gasteiger charge is 2.20. The summed E-state index contributed by atoms with van der Waals surface area (Å²) in [6.45, 7) is 11.1. The molecule has 0 radical (unpaired) electrons. The van der Waals surface area contributed by atoms with E-state index in [2.05, 4.69) is 15.4 Å². The summed E-state index contributed by atoms with van der Waals surface area (Å²) in [4.78, 5) is 16.2. The van der Waals surface area contributed by atoms with Crippen molar-refractivity contribution in [2.75, 3.05) is 5.32 Å². The van der Waals surface area contributed by atoms with Gasteiger partial charge in [-0.3, -0.25) is 5.32 Å². The normalized spacial score (nSPS) is 10.8. The van der Waals surface area contributed by atoms with E-state index in [-0.39, 0.29) is 17.9 Å². The van der Waals surface area contributed by atoms with Gasteiger partial charge in [0, 0.05) is 17.3 Å². The van der Waals surface area contributed by atoms with Gasteiger partial charge in [0.2, 0.25) is 5.82 Å². The maximum Gasteiger partial charge on any atom is 0.412 e. The van der Waals surface area contributed by atoms with Gasteiger partial charge in [0.1, 0.15) is 12.2 Å². The molecule has 0 aliphatic carbocycles. The van der Waals surface area contributed by atoms with Gasteiger partial charge in [-0.25, -0.2) is 18.9 Å². The van der Waals surface area contributed by atoms with E-state index in [4.69, 9.17) is 9.47 Å². The Bertz CT molecular complexity index is 1370. The van der Waals surface area contributed by atoms with Gasteiger partial charge in [0.25, 0.3) is 0 Å². The molecule has 1 amide bonds. The first kappa shape index (κ1) is 28.3. The number of benzene rings is 2. The lowest BCUT2D eigenvalue weighted by Gasteiger charge is -2.19. The topological polar surface area (TPSA) is 78.3 Å². The van der Waals surface area contributed by atoms with Crippen LogP contribution in [0, 0.1) is 18.6 Å². The third kappa shape index (κ3) is 7.15. The zero-order chi connectivity index (χ0) is 27.9. The number of ether oxygens (including phenoxy) is 2. The molecule has 200 valence electrons. The lowest BCUT2D eigenvalue weighted by molar-refractivity contribution is 0.0636. The molecule has 1 N–H and O–H groups in total. The number of nitrogens with one attached hydrogen (secondary N) is 1. The number of carbonyl (C=O) groups is 1. The molecule has 0 saturated carbocycles. The summed E-state index contributed by atoms with van der Waals surface area (Å²) in [6, 6.07) is 15.4. The second kappa shape index (κ2) is 12.3. The van der Waals surface area contributed by atoms with Crippen LogP contribution in [-0.2, 0) is 11.3 Å². The first-order valence-electron chi connectivity index (χ1n) is 12.3. The SMILES string of the molecule is CC.Cc1nn(-c2ccc(NC(=O)OC(C)(C)C)cn2)cc1-c1ccc(OCc2ccccc2)c(F)c1F. The summed E-state index contributed by atoms with van der Waals surface area (Å²) < 4.78 is 41.9. The van der Waals surface area contributed by atoms with Gasteiger partial charge in [-0.2, -0.15) is 9.49 Å². The van der Waals surface area contributed by atoms with E-state index in [1.54, 1.807) is 46.0 Å². The number of aromatic nitrogens is 3. The summed E-state index contributed by atoms with van der Waals surface area (Å²) in [5, 5.41) is 6.99. The number of rotatable bonds is 6. The van der Waals surface area contributed by atoms with Crippen molar-refractivity contribution in [3.63, 3.8) is 0 Å². The van der Waals surface area contributed by atoms with Gasteiger partial charge in [0.05, 0.1) is 17.6 Å². The van der Waals surface area contributed by atoms with E-state index in [0.29, 0.717) is 22.8 Å². The number of hydrogen-bond donors (Lipinski definition) is 1. The largest absolute Gasteiger partial charge is 0.486 e. The van der Waals surface area contributed by atoms with Crippen LogP contribution in [0.2, 0.25) is 0 Å². The minimum atomic E-state index is -1.06. The summed E-state index contributed by atoms with van der Waals surface area (Å²) in [7, 11) is 0. The minimum absolute atomic E-state index is 0.0616. The highest BCUT2D eigenvalue weighted by atomic mass is 19.2. The quantitative estimate of drug-likeness (QED) is 0.284. The van der Waals surface area contributed by atoms with Crippen LogP contribution < -0.4 is 10.1 Å². The fourth-order valence-corrected chi connectivity index (χ4v) is 3.45. The molecule has 0 atom stereocenters. The monoisotopic (exact) mass is 522 g/mol. The van der Waals surface area contributed by atoms with Crippen LogP contribution in [0.3, 0.4) is 0 Å². The first-order valence-corrected chi connectivity index (χ1v) is 12.3. The zero-order valence-electron chi connectivity index (χ0n) is 22.4. The molecule has 0 saturated heterocycles. The molecule has 0 unspecified atom stereocenters. The summed E-state index contributed by atoms with van der Waals surface area (Å²) in [6.07, 6.45) is 2.43. The number of nitrogens with zero attached hydrogens (tertiary/aromatic N) is 3. The van der Waals surface area contributed by atoms with Crippen LogP contribution in [0.15, 0.2) is 67.0 Å². The van der Waals surface area contributed by atoms with Gasteiger partial charge in [-0.15, -0.1) is 0 Å². The number of amides is 1. The Hall–Kier alpha value is -4.27. The molecule has 7 nitrogen and oxygen atoms in total. The third-order valence-electron chi connectivity index (χ3n) is 5.10. The molecule has 4 rings (SSSR count). The lowest BCUT2D eigenvalue weighted by Crippen LogP contribution is -2.27. The van der Waals surface area contributed by atoms with Crippen molar-refractivity contribution in [1.82, 2.24) is 14.8 Å². The molecule has 38 heavy (non-hydrogen) atoms. The van der Waals surface area contributed by atoms with E-state index in [1.807, 2.05) is 44.2 Å². The third-order valence-corrected chi connectivity index (χ3v) is 5.10. The second-order valence-corrected chi connectivity index (χ2v) is 9.12. The van der Waals surface area contributed by atoms with Crippen molar-refractivity contribution in [2.45, 2.75) is 53.8 Å². The highest BCUT2D eigenvalue weighted by molar-refractivity contribution is 5.84. The predicted molar refractivity (Wildman–Crippen MR) is 143 cm³/mol. The zero-order valence-corrected chi connectivity index (χ0v) is 22.4. The van der Waals surface area contributed by atoms with Gasteiger partial charge < -0.3 is 9.47 Å². The number of anilines is 1. The molecule has 2 heterocycles. The summed E-state index contributed by atoms with van der Waals surface area (Å²) in [5.74, 6) is -1.82. The fraction of sp³-hybridized carbons (Fsp3) is 0.276. The molecule has 0 fully saturated rings. The van der Waals surface area contributed by atoms with Crippen molar-refractivity contribution in [2.24, 2.45) is 0 Å². The Morgan fingerprint density at radius 1 is 0.974 bits per heavy atom. The molecule has 0 spiro atoms. The molecule has 2 aromatic heterocycles. The predicted octanol–water partition coefficient (Wildman–Crippen LogP) is 7.47. The van der Waals surface area contributed by atoms with Gasteiger partial charge in [-0.1, -0.05) is 44.2 Å². The highest BCUT2D eigenvalue weighted by Crippen LogP contribution is 2.32. The molecule has 0 aliphatic heterocycles. The van der Waals surface area contributed by atoms with Crippen molar-refractivity contribution in [3.8, 4) is 22.7 Å². The van der Waals surface area contributed by atoms with Crippen LogP contribution in [0.1, 0.15) is 45.9 Å². The molecular weight excluding hydrogens is 490 g/mol. The van der Waals surface area contributed by atoms with Crippen molar-refractivity contribution >= 4 is 11.8 Å². The van der Waals surface area contributed by atoms with E-state index < -0.39 is 23.3 Å². The lowest BCUT2D eigenvalue weighted by atomic mass is 10.1. The van der Waals surface area contributed by atoms with E-state index in [9.17, 15) is 13.6 Å². The van der Waals surface area contributed by atoms with E-state index in [1.165, 1.54) is 23.0 Å². The fourth-order valence-electron chi connectivity index (χ4n) is 3.45. The Labute approximate surface area is 221 Å². The standard InChI is InChI=1S/C27H26F2N4O3.C2H6/c1-17-21(20-11-12-22(25(29)24(20)28)35-16-18-8-6-5-7-9-18)15-33(32-17)23-13-10-19(14-30-23)31-26(34)36-27(2,3)4;1-2/h5-15H,16H2,1-4H3,(H,31,34);1-2H3. The van der Waals surface area contributed by atoms with E-state index >= 15 is 0 Å². The van der Waals surface area contributed by atoms with Crippen LogP contribution in [0.25, 0.3) is 16.9 Å². The van der Waals surface area contributed by atoms with Gasteiger partial charge in [0.15, 0.2) is 17.4 Å². The Kier molecular flexibility index (Phi) is 9.17. The van der Waals surface area contributed by atoms with E-state index in [0.717, 1.165) is 5.56 Å². The molecule has 0 aliphatic rings. The smallest absolute Gasteiger partial charge is 0.412 e. The van der Waals surface area contributed by atoms with Crippen LogP contribution >= 0.6 is 0 Å². The minimum Gasteiger partial charge on any atom is -0.486 e. The number of carbonyl (C=O) groups excluding carboxylic acids is 1.